The molecule has 1 heterocycles. The van der Waals surface area contributed by atoms with Crippen molar-refractivity contribution in [1.82, 2.24) is 4.98 Å². The number of rotatable bonds is 7. The molecule has 4 aromatic rings. The average Bonchev–Trinajstić information content (AvgIpc) is 3.81. The normalized spacial score (nSPS) is 20.5. The Morgan fingerprint density at radius 1 is 0.848 bits per heavy atom. The minimum Gasteiger partial charge on any atom is -0.512 e. The minimum absolute atomic E-state index is 0. The maximum Gasteiger partial charge on any atom is 0.162 e. The number of carbonyl (C=O) groups excluding carboxylic acids is 1. The second-order valence-electron chi connectivity index (χ2n) is 13.5. The van der Waals surface area contributed by atoms with E-state index in [1.54, 1.807) is 0 Å². The summed E-state index contributed by atoms with van der Waals surface area (Å²) in [4.78, 5) is 16.5. The van der Waals surface area contributed by atoms with Gasteiger partial charge in [0.25, 0.3) is 0 Å². The number of allylic oxidation sites excluding steroid dienone is 2. The molecule has 3 saturated carbocycles. The van der Waals surface area contributed by atoms with Crippen LogP contribution < -0.4 is 0 Å². The van der Waals surface area contributed by atoms with Gasteiger partial charge in [-0.3, -0.25) is 4.79 Å². The molecule has 3 fully saturated rings. The van der Waals surface area contributed by atoms with Crippen LogP contribution in [-0.2, 0) is 24.9 Å². The van der Waals surface area contributed by atoms with Gasteiger partial charge in [-0.1, -0.05) is 101 Å². The third-order valence-corrected chi connectivity index (χ3v) is 10.6. The average molecular weight is 795 g/mol. The molecule has 247 valence electrons. The van der Waals surface area contributed by atoms with Crippen molar-refractivity contribution in [2.75, 3.05) is 0 Å². The molecular formula is C42H52IrNO2-. The number of benzene rings is 3. The van der Waals surface area contributed by atoms with Crippen molar-refractivity contribution in [3.8, 4) is 11.3 Å². The zero-order chi connectivity index (χ0) is 30.3. The Morgan fingerprint density at radius 2 is 1.54 bits per heavy atom. The van der Waals surface area contributed by atoms with Gasteiger partial charge in [-0.25, -0.2) is 0 Å². The summed E-state index contributed by atoms with van der Waals surface area (Å²) in [6, 6.07) is 25.3. The third-order valence-electron chi connectivity index (χ3n) is 10.6. The Bertz CT molecular complexity index is 1580. The first-order valence-electron chi connectivity index (χ1n) is 17.3. The standard InChI is InChI=1S/C28H28N.C13H20O2.CH4.Ir/c1-2-6-20-11-13-21(14-12-20)23-15-16-26-24(19-23)17-18-29-28(26)27-10-5-8-22-7-3-4-9-25(22)27;14-12(10-5-1-2-6-10)9-13(15)11-7-3-4-8-11;;/h3-5,7-9,15-21H,2,6,11-14H2,1H3;9-11,14H,1-8H2;1H4;/q-1;;;. The SMILES string of the molecule is C.CCCC1CCC(c2ccc3c(-c4[c-]ccc5ccccc45)nccc3c2)CC1.O=C(C=C(O)C1CCCC1)C1CCCC1.[Ir]. The second-order valence-corrected chi connectivity index (χ2v) is 13.5. The Morgan fingerprint density at radius 3 is 2.26 bits per heavy atom. The fourth-order valence-corrected chi connectivity index (χ4v) is 8.01. The van der Waals surface area contributed by atoms with Gasteiger partial charge in [0, 0.05) is 44.2 Å². The van der Waals surface area contributed by atoms with E-state index in [9.17, 15) is 9.90 Å². The molecule has 1 N–H and O–H groups in total. The molecule has 3 aromatic carbocycles. The molecule has 3 nitrogen and oxygen atoms in total. The Labute approximate surface area is 290 Å². The molecule has 0 aliphatic heterocycles. The van der Waals surface area contributed by atoms with Crippen LogP contribution >= 0.6 is 0 Å². The Balaban J connectivity index is 0.000000241. The number of hydrogen-bond donors (Lipinski definition) is 1. The molecule has 0 bridgehead atoms. The van der Waals surface area contributed by atoms with Crippen molar-refractivity contribution in [3.63, 3.8) is 0 Å². The largest absolute Gasteiger partial charge is 0.512 e. The van der Waals surface area contributed by atoms with Gasteiger partial charge in [0.05, 0.1) is 5.76 Å². The summed E-state index contributed by atoms with van der Waals surface area (Å²) in [7, 11) is 0. The molecule has 3 aliphatic rings. The molecule has 3 aliphatic carbocycles. The first-order valence-corrected chi connectivity index (χ1v) is 17.3. The summed E-state index contributed by atoms with van der Waals surface area (Å²) >= 11 is 0. The van der Waals surface area contributed by atoms with Gasteiger partial charge in [0.1, 0.15) is 0 Å². The van der Waals surface area contributed by atoms with Gasteiger partial charge in [0.15, 0.2) is 5.78 Å². The van der Waals surface area contributed by atoms with E-state index in [0.29, 0.717) is 11.7 Å². The quantitative estimate of drug-likeness (QED) is 0.115. The van der Waals surface area contributed by atoms with Crippen LogP contribution in [0, 0.1) is 23.8 Å². The predicted octanol–water partition coefficient (Wildman–Crippen LogP) is 11.9. The van der Waals surface area contributed by atoms with Crippen LogP contribution in [0.15, 0.2) is 78.7 Å². The Hall–Kier alpha value is -2.81. The van der Waals surface area contributed by atoms with Crippen molar-refractivity contribution >= 4 is 27.3 Å². The van der Waals surface area contributed by atoms with Crippen molar-refractivity contribution in [1.29, 1.82) is 0 Å². The van der Waals surface area contributed by atoms with Crippen LogP contribution in [0.1, 0.15) is 116 Å². The number of aliphatic hydroxyl groups excluding tert-OH is 1. The summed E-state index contributed by atoms with van der Waals surface area (Å²) in [5.74, 6) is 2.66. The van der Waals surface area contributed by atoms with Gasteiger partial charge in [-0.15, -0.1) is 29.1 Å². The molecule has 7 rings (SSSR count). The van der Waals surface area contributed by atoms with E-state index in [1.807, 2.05) is 12.3 Å². The number of nitrogens with zero attached hydrogens (tertiary/aromatic N) is 1. The monoisotopic (exact) mass is 795 g/mol. The zero-order valence-corrected chi connectivity index (χ0v) is 29.2. The summed E-state index contributed by atoms with van der Waals surface area (Å²) in [5.41, 5.74) is 3.64. The van der Waals surface area contributed by atoms with Crippen molar-refractivity contribution in [3.05, 3.63) is 90.3 Å². The third kappa shape index (κ3) is 8.55. The fourth-order valence-electron chi connectivity index (χ4n) is 8.01. The summed E-state index contributed by atoms with van der Waals surface area (Å²) in [6.07, 6.45) is 20.6. The number of aliphatic hydroxyl groups is 1. The van der Waals surface area contributed by atoms with Crippen molar-refractivity contribution in [2.45, 2.75) is 110 Å². The van der Waals surface area contributed by atoms with Crippen LogP contribution in [0.2, 0.25) is 0 Å². The predicted molar refractivity (Wildman–Crippen MR) is 189 cm³/mol. The van der Waals surface area contributed by atoms with Gasteiger partial charge < -0.3 is 10.1 Å². The maximum atomic E-state index is 11.8. The number of ketones is 1. The van der Waals surface area contributed by atoms with E-state index in [4.69, 9.17) is 4.98 Å². The molecular weight excluding hydrogens is 743 g/mol. The van der Waals surface area contributed by atoms with E-state index in [-0.39, 0.29) is 45.2 Å². The number of carbonyl (C=O) groups is 1. The molecule has 4 heteroatoms. The zero-order valence-electron chi connectivity index (χ0n) is 26.8. The van der Waals surface area contributed by atoms with E-state index >= 15 is 0 Å². The van der Waals surface area contributed by atoms with Gasteiger partial charge >= 0.3 is 0 Å². The van der Waals surface area contributed by atoms with Crippen LogP contribution in [0.4, 0.5) is 0 Å². The molecule has 0 amide bonds. The maximum absolute atomic E-state index is 11.8. The molecule has 46 heavy (non-hydrogen) atoms. The van der Waals surface area contributed by atoms with Crippen LogP contribution in [0.5, 0.6) is 0 Å². The summed E-state index contributed by atoms with van der Waals surface area (Å²) in [5, 5.41) is 14.8. The van der Waals surface area contributed by atoms with Gasteiger partial charge in [-0.2, -0.15) is 0 Å². The van der Waals surface area contributed by atoms with E-state index < -0.39 is 0 Å². The number of fused-ring (bicyclic) bond motifs is 2. The Kier molecular flexibility index (Phi) is 13.6. The fraction of sp³-hybridized carbons (Fsp3) is 0.476. The molecule has 1 aromatic heterocycles. The van der Waals surface area contributed by atoms with Gasteiger partial charge in [-0.05, 0) is 91.3 Å². The molecule has 0 unspecified atom stereocenters. The molecule has 0 atom stereocenters. The number of pyridine rings is 1. The summed E-state index contributed by atoms with van der Waals surface area (Å²) in [6.45, 7) is 2.31. The molecule has 0 saturated heterocycles. The van der Waals surface area contributed by atoms with Crippen LogP contribution in [0.25, 0.3) is 32.8 Å². The second kappa shape index (κ2) is 17.4. The smallest absolute Gasteiger partial charge is 0.162 e. The van der Waals surface area contributed by atoms with E-state index in [1.165, 1.54) is 97.4 Å². The van der Waals surface area contributed by atoms with Crippen LogP contribution in [-0.4, -0.2) is 15.9 Å². The molecule has 0 spiro atoms. The first-order chi connectivity index (χ1) is 21.6. The topological polar surface area (TPSA) is 50.2 Å². The van der Waals surface area contributed by atoms with E-state index in [2.05, 4.69) is 67.6 Å². The first kappa shape index (κ1) is 36.0. The minimum atomic E-state index is 0. The van der Waals surface area contributed by atoms with E-state index in [0.717, 1.165) is 42.9 Å². The number of aromatic nitrogens is 1. The van der Waals surface area contributed by atoms with Crippen LogP contribution in [0.3, 0.4) is 0 Å². The summed E-state index contributed by atoms with van der Waals surface area (Å²) < 4.78 is 0. The number of hydrogen-bond acceptors (Lipinski definition) is 3. The van der Waals surface area contributed by atoms with Gasteiger partial charge in [0.2, 0.25) is 0 Å². The van der Waals surface area contributed by atoms with Crippen molar-refractivity contribution < 1.29 is 30.0 Å². The van der Waals surface area contributed by atoms with Crippen molar-refractivity contribution in [2.24, 2.45) is 17.8 Å². The molecule has 1 radical (unpaired) electrons.